The Labute approximate surface area is 104 Å². The molecule has 2 heteroatoms. The lowest BCUT2D eigenvalue weighted by molar-refractivity contribution is -0.129. The third kappa shape index (κ3) is 3.97. The number of carbonyl (C=O) groups excluding carboxylic acids is 1. The average Bonchev–Trinajstić information content (AvgIpc) is 2.30. The minimum absolute atomic E-state index is 0.0655. The van der Waals surface area contributed by atoms with E-state index in [4.69, 9.17) is 0 Å². The van der Waals surface area contributed by atoms with Gasteiger partial charge >= 0.3 is 0 Å². The van der Waals surface area contributed by atoms with Crippen LogP contribution in [-0.2, 0) is 11.2 Å². The maximum absolute atomic E-state index is 11.9. The van der Waals surface area contributed by atoms with E-state index in [1.165, 1.54) is 0 Å². The highest BCUT2D eigenvalue weighted by Crippen LogP contribution is 2.16. The summed E-state index contributed by atoms with van der Waals surface area (Å²) in [5, 5.41) is 9.96. The molecule has 94 valence electrons. The van der Waals surface area contributed by atoms with Crippen LogP contribution in [0.25, 0.3) is 0 Å². The van der Waals surface area contributed by atoms with Gasteiger partial charge in [0.2, 0.25) is 0 Å². The Balaban J connectivity index is 2.65. The van der Waals surface area contributed by atoms with Crippen LogP contribution in [-0.4, -0.2) is 17.0 Å². The molecule has 0 amide bonds. The number of benzene rings is 1. The number of aliphatic hydroxyl groups excluding tert-OH is 1. The largest absolute Gasteiger partial charge is 0.385 e. The van der Waals surface area contributed by atoms with Crippen molar-refractivity contribution in [3.8, 4) is 0 Å². The number of hydrogen-bond acceptors (Lipinski definition) is 2. The molecular formula is C15H22O2. The standard InChI is InChI=1S/C15H22O2/c1-4-13(5-2)15(17)14(16)10-12-8-6-7-11(3)9-12/h6-9,13,15,17H,4-5,10H2,1-3H3. The van der Waals surface area contributed by atoms with Crippen LogP contribution in [0.2, 0.25) is 0 Å². The van der Waals surface area contributed by atoms with Gasteiger partial charge in [-0.15, -0.1) is 0 Å². The fourth-order valence-corrected chi connectivity index (χ4v) is 2.13. The first-order valence-corrected chi connectivity index (χ1v) is 6.34. The summed E-state index contributed by atoms with van der Waals surface area (Å²) in [4.78, 5) is 11.9. The van der Waals surface area contributed by atoms with Crippen molar-refractivity contribution in [2.75, 3.05) is 0 Å². The molecule has 0 bridgehead atoms. The van der Waals surface area contributed by atoms with Crippen molar-refractivity contribution in [2.45, 2.75) is 46.1 Å². The molecule has 1 unspecified atom stereocenters. The molecule has 1 aromatic carbocycles. The lowest BCUT2D eigenvalue weighted by Crippen LogP contribution is -2.30. The highest BCUT2D eigenvalue weighted by Gasteiger charge is 2.22. The van der Waals surface area contributed by atoms with Gasteiger partial charge in [0, 0.05) is 6.42 Å². The average molecular weight is 234 g/mol. The normalized spacial score (nSPS) is 12.8. The number of aliphatic hydroxyl groups is 1. The zero-order valence-corrected chi connectivity index (χ0v) is 10.9. The molecule has 0 aliphatic rings. The summed E-state index contributed by atoms with van der Waals surface area (Å²) in [6.07, 6.45) is 1.21. The minimum atomic E-state index is -0.814. The van der Waals surface area contributed by atoms with Crippen LogP contribution in [0.1, 0.15) is 37.8 Å². The lowest BCUT2D eigenvalue weighted by Gasteiger charge is -2.18. The zero-order valence-electron chi connectivity index (χ0n) is 10.9. The minimum Gasteiger partial charge on any atom is -0.385 e. The summed E-state index contributed by atoms with van der Waals surface area (Å²) in [6, 6.07) is 7.88. The summed E-state index contributed by atoms with van der Waals surface area (Å²) in [6.45, 7) is 6.03. The molecule has 1 rings (SSSR count). The predicted molar refractivity (Wildman–Crippen MR) is 70.0 cm³/mol. The molecule has 0 fully saturated rings. The SMILES string of the molecule is CCC(CC)C(O)C(=O)Cc1cccc(C)c1. The van der Waals surface area contributed by atoms with Gasteiger partial charge in [0.1, 0.15) is 6.10 Å². The van der Waals surface area contributed by atoms with Gasteiger partial charge in [0.15, 0.2) is 5.78 Å². The Morgan fingerprint density at radius 1 is 1.29 bits per heavy atom. The number of aryl methyl sites for hydroxylation is 1. The predicted octanol–water partition coefficient (Wildman–Crippen LogP) is 2.90. The third-order valence-corrected chi connectivity index (χ3v) is 3.29. The molecule has 1 atom stereocenters. The second-order valence-corrected chi connectivity index (χ2v) is 4.65. The van der Waals surface area contributed by atoms with Gasteiger partial charge in [-0.05, 0) is 18.4 Å². The van der Waals surface area contributed by atoms with E-state index in [0.717, 1.165) is 24.0 Å². The maximum Gasteiger partial charge on any atom is 0.165 e. The van der Waals surface area contributed by atoms with Crippen LogP contribution in [0.3, 0.4) is 0 Å². The van der Waals surface area contributed by atoms with E-state index < -0.39 is 6.10 Å². The third-order valence-electron chi connectivity index (χ3n) is 3.29. The number of Topliss-reactive ketones (excluding diaryl/α,β-unsaturated/α-hetero) is 1. The van der Waals surface area contributed by atoms with Crippen molar-refractivity contribution in [1.82, 2.24) is 0 Å². The smallest absolute Gasteiger partial charge is 0.165 e. The Hall–Kier alpha value is -1.15. The number of rotatable bonds is 6. The van der Waals surface area contributed by atoms with Crippen LogP contribution in [0.15, 0.2) is 24.3 Å². The van der Waals surface area contributed by atoms with Gasteiger partial charge in [-0.3, -0.25) is 4.79 Å². The van der Waals surface area contributed by atoms with E-state index in [9.17, 15) is 9.90 Å². The first-order chi connectivity index (χ1) is 8.08. The topological polar surface area (TPSA) is 37.3 Å². The molecular weight excluding hydrogens is 212 g/mol. The second kappa shape index (κ2) is 6.55. The van der Waals surface area contributed by atoms with Gasteiger partial charge in [0.25, 0.3) is 0 Å². The van der Waals surface area contributed by atoms with Crippen LogP contribution < -0.4 is 0 Å². The summed E-state index contributed by atoms with van der Waals surface area (Å²) in [7, 11) is 0. The highest BCUT2D eigenvalue weighted by molar-refractivity contribution is 5.85. The number of ketones is 1. The zero-order chi connectivity index (χ0) is 12.8. The van der Waals surface area contributed by atoms with Crippen molar-refractivity contribution in [1.29, 1.82) is 0 Å². The maximum atomic E-state index is 11.9. The van der Waals surface area contributed by atoms with Crippen LogP contribution in [0.5, 0.6) is 0 Å². The first-order valence-electron chi connectivity index (χ1n) is 6.34. The van der Waals surface area contributed by atoms with E-state index >= 15 is 0 Å². The molecule has 0 aliphatic heterocycles. The molecule has 1 N–H and O–H groups in total. The Bertz CT molecular complexity index is 367. The van der Waals surface area contributed by atoms with Gasteiger partial charge < -0.3 is 5.11 Å². The molecule has 1 aromatic rings. The quantitative estimate of drug-likeness (QED) is 0.821. The highest BCUT2D eigenvalue weighted by atomic mass is 16.3. The molecule has 0 saturated heterocycles. The number of hydrogen-bond donors (Lipinski definition) is 1. The second-order valence-electron chi connectivity index (χ2n) is 4.65. The molecule has 0 heterocycles. The fraction of sp³-hybridized carbons (Fsp3) is 0.533. The van der Waals surface area contributed by atoms with Crippen molar-refractivity contribution in [3.63, 3.8) is 0 Å². The molecule has 0 spiro atoms. The molecule has 0 saturated carbocycles. The summed E-state index contributed by atoms with van der Waals surface area (Å²) in [5.74, 6) is 0.0246. The molecule has 17 heavy (non-hydrogen) atoms. The van der Waals surface area contributed by atoms with Crippen molar-refractivity contribution in [2.24, 2.45) is 5.92 Å². The van der Waals surface area contributed by atoms with Crippen LogP contribution in [0, 0.1) is 12.8 Å². The molecule has 0 aliphatic carbocycles. The van der Waals surface area contributed by atoms with E-state index in [0.29, 0.717) is 6.42 Å². The molecule has 2 nitrogen and oxygen atoms in total. The van der Waals surface area contributed by atoms with Crippen molar-refractivity contribution >= 4 is 5.78 Å². The van der Waals surface area contributed by atoms with Gasteiger partial charge in [0.05, 0.1) is 0 Å². The van der Waals surface area contributed by atoms with Crippen molar-refractivity contribution in [3.05, 3.63) is 35.4 Å². The fourth-order valence-electron chi connectivity index (χ4n) is 2.13. The van der Waals surface area contributed by atoms with E-state index in [2.05, 4.69) is 0 Å². The summed E-state index contributed by atoms with van der Waals surface area (Å²) < 4.78 is 0. The van der Waals surface area contributed by atoms with Crippen LogP contribution >= 0.6 is 0 Å². The number of carbonyl (C=O) groups is 1. The first kappa shape index (κ1) is 13.9. The monoisotopic (exact) mass is 234 g/mol. The van der Waals surface area contributed by atoms with Gasteiger partial charge in [-0.1, -0.05) is 56.5 Å². The molecule has 0 radical (unpaired) electrons. The van der Waals surface area contributed by atoms with Crippen LogP contribution in [0.4, 0.5) is 0 Å². The van der Waals surface area contributed by atoms with E-state index in [-0.39, 0.29) is 11.7 Å². The summed E-state index contributed by atoms with van der Waals surface area (Å²) >= 11 is 0. The van der Waals surface area contributed by atoms with Gasteiger partial charge in [-0.25, -0.2) is 0 Å². The van der Waals surface area contributed by atoms with E-state index in [1.54, 1.807) is 0 Å². The van der Waals surface area contributed by atoms with Crippen molar-refractivity contribution < 1.29 is 9.90 Å². The Morgan fingerprint density at radius 3 is 2.47 bits per heavy atom. The lowest BCUT2D eigenvalue weighted by atomic mass is 9.91. The van der Waals surface area contributed by atoms with Gasteiger partial charge in [-0.2, -0.15) is 0 Å². The van der Waals surface area contributed by atoms with E-state index in [1.807, 2.05) is 45.0 Å². The Morgan fingerprint density at radius 2 is 1.94 bits per heavy atom. The molecule has 0 aromatic heterocycles. The summed E-state index contributed by atoms with van der Waals surface area (Å²) in [5.41, 5.74) is 2.13. The Kier molecular flexibility index (Phi) is 5.36.